The molecule has 4 nitrogen and oxygen atoms in total. The molecule has 0 bridgehead atoms. The van der Waals surface area contributed by atoms with Crippen molar-refractivity contribution in [3.63, 3.8) is 0 Å². The Morgan fingerprint density at radius 1 is 1.47 bits per heavy atom. The van der Waals surface area contributed by atoms with Crippen LogP contribution in [-0.2, 0) is 9.47 Å². The van der Waals surface area contributed by atoms with Gasteiger partial charge in [-0.1, -0.05) is 0 Å². The van der Waals surface area contributed by atoms with Gasteiger partial charge in [-0.15, -0.1) is 0 Å². The van der Waals surface area contributed by atoms with Crippen LogP contribution in [0, 0.1) is 14.9 Å². The number of hydrogen-bond acceptors (Lipinski definition) is 3. The number of aromatic nitrogens is 1. The van der Waals surface area contributed by atoms with Crippen LogP contribution in [0.1, 0.15) is 26.0 Å². The molecular weight excluding hydrogens is 307 g/mol. The van der Waals surface area contributed by atoms with E-state index >= 15 is 0 Å². The maximum Gasteiger partial charge on any atom is 0.244 e. The van der Waals surface area contributed by atoms with Gasteiger partial charge < -0.3 is 9.47 Å². The minimum Gasteiger partial charge on any atom is -0.335 e. The Kier molecular flexibility index (Phi) is 5.08. The number of halogens is 1. The Bertz CT molecular complexity index is 351. The molecule has 1 aromatic rings. The van der Waals surface area contributed by atoms with E-state index in [-0.39, 0.29) is 0 Å². The number of rotatable bonds is 5. The molecule has 0 aliphatic carbocycles. The molecule has 0 aliphatic rings. The Balaban J connectivity index is 2.94. The summed E-state index contributed by atoms with van der Waals surface area (Å²) in [7, 11) is 0. The fraction of sp³-hybridized carbons (Fsp3) is 0.500. The lowest BCUT2D eigenvalue weighted by atomic mass is 10.5. The molecular formula is C10H13IN2O2. The Labute approximate surface area is 103 Å². The molecule has 0 aliphatic heterocycles. The number of hydrogen-bond donors (Lipinski definition) is 0. The molecule has 0 saturated carbocycles. The van der Waals surface area contributed by atoms with E-state index in [0.29, 0.717) is 18.9 Å². The van der Waals surface area contributed by atoms with Gasteiger partial charge in [-0.3, -0.25) is 4.57 Å². The molecule has 82 valence electrons. The zero-order valence-electron chi connectivity index (χ0n) is 8.74. The molecule has 1 rings (SSSR count). The summed E-state index contributed by atoms with van der Waals surface area (Å²) in [6.45, 7) is 4.88. The van der Waals surface area contributed by atoms with Gasteiger partial charge in [0.2, 0.25) is 6.41 Å². The molecule has 1 aromatic heterocycles. The Hall–Kier alpha value is -0.580. The van der Waals surface area contributed by atoms with Crippen molar-refractivity contribution in [1.82, 2.24) is 4.57 Å². The van der Waals surface area contributed by atoms with Crippen LogP contribution in [0.3, 0.4) is 0 Å². The molecule has 1 heterocycles. The summed E-state index contributed by atoms with van der Waals surface area (Å²) in [6, 6.07) is 3.91. The summed E-state index contributed by atoms with van der Waals surface area (Å²) in [5.41, 5.74) is 0.548. The van der Waals surface area contributed by atoms with E-state index < -0.39 is 6.41 Å². The van der Waals surface area contributed by atoms with E-state index in [1.54, 1.807) is 10.6 Å². The van der Waals surface area contributed by atoms with Crippen LogP contribution < -0.4 is 0 Å². The van der Waals surface area contributed by atoms with Gasteiger partial charge in [0.15, 0.2) is 0 Å². The van der Waals surface area contributed by atoms with Crippen molar-refractivity contribution in [3.05, 3.63) is 21.5 Å². The fourth-order valence-corrected chi connectivity index (χ4v) is 1.80. The lowest BCUT2D eigenvalue weighted by molar-refractivity contribution is -0.186. The summed E-state index contributed by atoms with van der Waals surface area (Å²) in [5.74, 6) is 0. The largest absolute Gasteiger partial charge is 0.335 e. The van der Waals surface area contributed by atoms with Gasteiger partial charge in [0.25, 0.3) is 0 Å². The van der Waals surface area contributed by atoms with Crippen molar-refractivity contribution in [3.8, 4) is 6.07 Å². The predicted octanol–water partition coefficient (Wildman–Crippen LogP) is 2.49. The second-order valence-electron chi connectivity index (χ2n) is 2.78. The van der Waals surface area contributed by atoms with Crippen molar-refractivity contribution in [2.75, 3.05) is 13.2 Å². The summed E-state index contributed by atoms with van der Waals surface area (Å²) < 4.78 is 13.5. The van der Waals surface area contributed by atoms with Gasteiger partial charge in [0.1, 0.15) is 11.8 Å². The van der Waals surface area contributed by atoms with Gasteiger partial charge in [-0.2, -0.15) is 5.26 Å². The molecule has 0 amide bonds. The molecule has 0 radical (unpaired) electrons. The minimum absolute atomic E-state index is 0.502. The molecule has 0 fully saturated rings. The van der Waals surface area contributed by atoms with Gasteiger partial charge >= 0.3 is 0 Å². The van der Waals surface area contributed by atoms with Crippen LogP contribution in [0.2, 0.25) is 0 Å². The van der Waals surface area contributed by atoms with Crippen molar-refractivity contribution in [2.45, 2.75) is 20.3 Å². The second kappa shape index (κ2) is 6.10. The lowest BCUT2D eigenvalue weighted by Crippen LogP contribution is -2.17. The summed E-state index contributed by atoms with van der Waals surface area (Å²) in [5, 5.41) is 8.93. The molecule has 15 heavy (non-hydrogen) atoms. The highest BCUT2D eigenvalue weighted by Gasteiger charge is 2.14. The molecule has 0 N–H and O–H groups in total. The smallest absolute Gasteiger partial charge is 0.244 e. The van der Waals surface area contributed by atoms with Crippen molar-refractivity contribution in [1.29, 1.82) is 5.26 Å². The lowest BCUT2D eigenvalue weighted by Gasteiger charge is -2.18. The minimum atomic E-state index is -0.502. The zero-order valence-corrected chi connectivity index (χ0v) is 10.9. The maximum atomic E-state index is 8.93. The summed E-state index contributed by atoms with van der Waals surface area (Å²) in [6.07, 6.45) is 1.34. The average molecular weight is 320 g/mol. The van der Waals surface area contributed by atoms with Crippen molar-refractivity contribution < 1.29 is 9.47 Å². The second-order valence-corrected chi connectivity index (χ2v) is 4.03. The molecule has 0 unspecified atom stereocenters. The van der Waals surface area contributed by atoms with E-state index in [9.17, 15) is 0 Å². The van der Waals surface area contributed by atoms with E-state index in [1.165, 1.54) is 0 Å². The van der Waals surface area contributed by atoms with Crippen molar-refractivity contribution >= 4 is 22.6 Å². The normalized spacial score (nSPS) is 10.6. The Morgan fingerprint density at radius 2 is 2.07 bits per heavy atom. The number of nitriles is 1. The zero-order chi connectivity index (χ0) is 11.3. The van der Waals surface area contributed by atoms with E-state index in [2.05, 4.69) is 28.7 Å². The van der Waals surface area contributed by atoms with Crippen LogP contribution in [0.25, 0.3) is 0 Å². The van der Waals surface area contributed by atoms with E-state index in [0.717, 1.165) is 3.57 Å². The SMILES string of the molecule is CCOC(OCC)n1cc(I)cc1C#N. The average Bonchev–Trinajstić information content (AvgIpc) is 2.59. The van der Waals surface area contributed by atoms with Crippen LogP contribution in [-0.4, -0.2) is 17.8 Å². The molecule has 0 spiro atoms. The van der Waals surface area contributed by atoms with Crippen LogP contribution in [0.4, 0.5) is 0 Å². The first kappa shape index (κ1) is 12.5. The molecule has 0 saturated heterocycles. The standard InChI is InChI=1S/C10H13IN2O2/c1-3-14-10(15-4-2)13-7-8(11)5-9(13)6-12/h5,7,10H,3-4H2,1-2H3. The third kappa shape index (κ3) is 3.19. The highest BCUT2D eigenvalue weighted by Crippen LogP contribution is 2.18. The number of ether oxygens (including phenoxy) is 2. The third-order valence-corrected chi connectivity index (χ3v) is 2.37. The van der Waals surface area contributed by atoms with Crippen molar-refractivity contribution in [2.24, 2.45) is 0 Å². The van der Waals surface area contributed by atoms with Crippen LogP contribution in [0.15, 0.2) is 12.3 Å². The summed E-state index contributed by atoms with van der Waals surface area (Å²) in [4.78, 5) is 0. The maximum absolute atomic E-state index is 8.93. The van der Waals surface area contributed by atoms with Crippen LogP contribution >= 0.6 is 22.6 Å². The molecule has 0 aromatic carbocycles. The Morgan fingerprint density at radius 3 is 2.53 bits per heavy atom. The molecule has 0 atom stereocenters. The van der Waals surface area contributed by atoms with E-state index in [4.69, 9.17) is 14.7 Å². The van der Waals surface area contributed by atoms with Gasteiger partial charge in [-0.25, -0.2) is 0 Å². The highest BCUT2D eigenvalue weighted by molar-refractivity contribution is 14.1. The van der Waals surface area contributed by atoms with E-state index in [1.807, 2.05) is 20.0 Å². The third-order valence-electron chi connectivity index (χ3n) is 1.78. The monoisotopic (exact) mass is 320 g/mol. The first-order valence-electron chi connectivity index (χ1n) is 4.73. The van der Waals surface area contributed by atoms with Gasteiger partial charge in [-0.05, 0) is 42.5 Å². The van der Waals surface area contributed by atoms with Crippen LogP contribution in [0.5, 0.6) is 0 Å². The first-order chi connectivity index (χ1) is 7.22. The quantitative estimate of drug-likeness (QED) is 0.619. The predicted molar refractivity (Wildman–Crippen MR) is 64.2 cm³/mol. The molecule has 5 heteroatoms. The van der Waals surface area contributed by atoms with Gasteiger partial charge in [0, 0.05) is 23.0 Å². The van der Waals surface area contributed by atoms with Gasteiger partial charge in [0.05, 0.1) is 0 Å². The first-order valence-corrected chi connectivity index (χ1v) is 5.81. The summed E-state index contributed by atoms with van der Waals surface area (Å²) >= 11 is 2.16. The topological polar surface area (TPSA) is 47.2 Å². The number of nitrogens with zero attached hydrogens (tertiary/aromatic N) is 2. The highest BCUT2D eigenvalue weighted by atomic mass is 127. The fourth-order valence-electron chi connectivity index (χ4n) is 1.20.